The van der Waals surface area contributed by atoms with E-state index < -0.39 is 0 Å². The van der Waals surface area contributed by atoms with E-state index in [1.807, 2.05) is 0 Å². The van der Waals surface area contributed by atoms with E-state index in [1.165, 1.54) is 57.1 Å². The van der Waals surface area contributed by atoms with Crippen LogP contribution in [0.2, 0.25) is 0 Å². The Bertz CT molecular complexity index is 187. The summed E-state index contributed by atoms with van der Waals surface area (Å²) in [5, 5.41) is 0. The first-order valence-electron chi connectivity index (χ1n) is 6.64. The van der Waals surface area contributed by atoms with Crippen molar-refractivity contribution in [3.63, 3.8) is 0 Å². The van der Waals surface area contributed by atoms with Gasteiger partial charge in [0.25, 0.3) is 0 Å². The minimum absolute atomic E-state index is 0.837. The Kier molecular flexibility index (Phi) is 5.42. The molecule has 0 unspecified atom stereocenters. The Morgan fingerprint density at radius 1 is 1.06 bits per heavy atom. The fourth-order valence-electron chi connectivity index (χ4n) is 2.77. The van der Waals surface area contributed by atoms with Gasteiger partial charge in [0.1, 0.15) is 0 Å². The van der Waals surface area contributed by atoms with Crippen molar-refractivity contribution in [2.45, 2.75) is 25.3 Å². The summed E-state index contributed by atoms with van der Waals surface area (Å²) >= 11 is 2.11. The average Bonchev–Trinajstić information content (AvgIpc) is 2.38. The molecule has 2 saturated heterocycles. The second-order valence-corrected chi connectivity index (χ2v) is 6.09. The predicted molar refractivity (Wildman–Crippen MR) is 72.0 cm³/mol. The smallest absolute Gasteiger partial charge is 0.0120 e. The first kappa shape index (κ1) is 12.7. The van der Waals surface area contributed by atoms with Crippen LogP contribution in [0.1, 0.15) is 19.3 Å². The van der Waals surface area contributed by atoms with Gasteiger partial charge in [-0.3, -0.25) is 4.90 Å². The van der Waals surface area contributed by atoms with Crippen LogP contribution in [0, 0.1) is 0 Å². The van der Waals surface area contributed by atoms with Gasteiger partial charge in [0.05, 0.1) is 0 Å². The van der Waals surface area contributed by atoms with Crippen LogP contribution < -0.4 is 5.73 Å². The Hall–Kier alpha value is 0.230. The second-order valence-electron chi connectivity index (χ2n) is 4.86. The quantitative estimate of drug-likeness (QED) is 0.793. The van der Waals surface area contributed by atoms with E-state index in [0.29, 0.717) is 0 Å². The van der Waals surface area contributed by atoms with Crippen LogP contribution in [-0.2, 0) is 0 Å². The standard InChI is InChI=1S/C12H25N3S/c13-4-1-5-14-6-2-12(3-7-14)15-8-10-16-11-9-15/h12H,1-11,13H2. The van der Waals surface area contributed by atoms with E-state index in [-0.39, 0.29) is 0 Å². The number of hydrogen-bond acceptors (Lipinski definition) is 4. The lowest BCUT2D eigenvalue weighted by atomic mass is 10.0. The molecule has 2 fully saturated rings. The summed E-state index contributed by atoms with van der Waals surface area (Å²) in [6, 6.07) is 0.870. The van der Waals surface area contributed by atoms with Crippen LogP contribution in [-0.4, -0.2) is 66.6 Å². The molecule has 2 N–H and O–H groups in total. The van der Waals surface area contributed by atoms with Gasteiger partial charge >= 0.3 is 0 Å². The molecule has 0 atom stereocenters. The minimum Gasteiger partial charge on any atom is -0.330 e. The Labute approximate surface area is 104 Å². The van der Waals surface area contributed by atoms with Crippen molar-refractivity contribution in [1.82, 2.24) is 9.80 Å². The van der Waals surface area contributed by atoms with Gasteiger partial charge in [-0.15, -0.1) is 0 Å². The van der Waals surface area contributed by atoms with Crippen LogP contribution in [0.4, 0.5) is 0 Å². The van der Waals surface area contributed by atoms with Crippen molar-refractivity contribution in [2.24, 2.45) is 5.73 Å². The summed E-state index contributed by atoms with van der Waals surface area (Å²) < 4.78 is 0. The number of thioether (sulfide) groups is 1. The zero-order valence-electron chi connectivity index (χ0n) is 10.2. The molecule has 0 spiro atoms. The van der Waals surface area contributed by atoms with Gasteiger partial charge in [-0.05, 0) is 45.4 Å². The summed E-state index contributed by atoms with van der Waals surface area (Å²) in [7, 11) is 0. The molecule has 2 aliphatic heterocycles. The molecule has 0 aliphatic carbocycles. The fraction of sp³-hybridized carbons (Fsp3) is 1.00. The Morgan fingerprint density at radius 2 is 1.75 bits per heavy atom. The molecule has 0 saturated carbocycles. The number of rotatable bonds is 4. The lowest BCUT2D eigenvalue weighted by molar-refractivity contribution is 0.116. The molecule has 16 heavy (non-hydrogen) atoms. The molecule has 3 nitrogen and oxygen atoms in total. The lowest BCUT2D eigenvalue weighted by Gasteiger charge is -2.40. The van der Waals surface area contributed by atoms with Gasteiger partial charge < -0.3 is 10.6 Å². The molecule has 2 aliphatic rings. The first-order valence-corrected chi connectivity index (χ1v) is 7.80. The molecule has 2 rings (SSSR count). The number of nitrogens with zero attached hydrogens (tertiary/aromatic N) is 2. The Balaban J connectivity index is 1.67. The zero-order chi connectivity index (χ0) is 11.2. The summed E-state index contributed by atoms with van der Waals surface area (Å²) in [6.45, 7) is 7.25. The van der Waals surface area contributed by atoms with Gasteiger partial charge in [0.15, 0.2) is 0 Å². The van der Waals surface area contributed by atoms with E-state index in [1.54, 1.807) is 0 Å². The molecule has 0 aromatic rings. The summed E-state index contributed by atoms with van der Waals surface area (Å²) in [5.74, 6) is 2.68. The third kappa shape index (κ3) is 3.62. The van der Waals surface area contributed by atoms with Crippen molar-refractivity contribution in [3.05, 3.63) is 0 Å². The maximum atomic E-state index is 5.55. The molecule has 0 aromatic carbocycles. The van der Waals surface area contributed by atoms with Crippen molar-refractivity contribution in [2.75, 3.05) is 50.8 Å². The number of likely N-dealkylation sites (tertiary alicyclic amines) is 1. The molecule has 0 aromatic heterocycles. The monoisotopic (exact) mass is 243 g/mol. The summed E-state index contributed by atoms with van der Waals surface area (Å²) in [5.41, 5.74) is 5.55. The van der Waals surface area contributed by atoms with Gasteiger partial charge in [-0.1, -0.05) is 0 Å². The normalized spacial score (nSPS) is 26.1. The second kappa shape index (κ2) is 6.84. The van der Waals surface area contributed by atoms with Crippen molar-refractivity contribution >= 4 is 11.8 Å². The third-order valence-electron chi connectivity index (χ3n) is 3.80. The highest BCUT2D eigenvalue weighted by Crippen LogP contribution is 2.20. The molecule has 0 bridgehead atoms. The van der Waals surface area contributed by atoms with E-state index in [0.717, 1.165) is 19.0 Å². The molecular formula is C12H25N3S. The lowest BCUT2D eigenvalue weighted by Crippen LogP contribution is -2.47. The maximum absolute atomic E-state index is 5.55. The van der Waals surface area contributed by atoms with E-state index in [4.69, 9.17) is 5.73 Å². The van der Waals surface area contributed by atoms with Crippen LogP contribution >= 0.6 is 11.8 Å². The number of hydrogen-bond donors (Lipinski definition) is 1. The fourth-order valence-corrected chi connectivity index (χ4v) is 3.70. The van der Waals surface area contributed by atoms with Crippen LogP contribution in [0.15, 0.2) is 0 Å². The van der Waals surface area contributed by atoms with E-state index in [2.05, 4.69) is 21.6 Å². The summed E-state index contributed by atoms with van der Waals surface area (Å²) in [4.78, 5) is 5.30. The topological polar surface area (TPSA) is 32.5 Å². The van der Waals surface area contributed by atoms with Crippen LogP contribution in [0.5, 0.6) is 0 Å². The third-order valence-corrected chi connectivity index (χ3v) is 4.74. The van der Waals surface area contributed by atoms with Gasteiger partial charge in [-0.25, -0.2) is 0 Å². The molecule has 0 radical (unpaired) electrons. The average molecular weight is 243 g/mol. The van der Waals surface area contributed by atoms with Crippen molar-refractivity contribution in [3.8, 4) is 0 Å². The van der Waals surface area contributed by atoms with E-state index in [9.17, 15) is 0 Å². The largest absolute Gasteiger partial charge is 0.330 e. The predicted octanol–water partition coefficient (Wildman–Crippen LogP) is 0.848. The highest BCUT2D eigenvalue weighted by atomic mass is 32.2. The molecule has 0 amide bonds. The van der Waals surface area contributed by atoms with Gasteiger partial charge in [0.2, 0.25) is 0 Å². The molecule has 94 valence electrons. The number of nitrogens with two attached hydrogens (primary N) is 1. The zero-order valence-corrected chi connectivity index (χ0v) is 11.1. The highest BCUT2D eigenvalue weighted by Gasteiger charge is 2.25. The minimum atomic E-state index is 0.837. The molecule has 2 heterocycles. The molecule has 4 heteroatoms. The number of piperidine rings is 1. The van der Waals surface area contributed by atoms with Crippen LogP contribution in [0.25, 0.3) is 0 Å². The SMILES string of the molecule is NCCCN1CCC(N2CCSCC2)CC1. The van der Waals surface area contributed by atoms with Gasteiger partial charge in [0, 0.05) is 30.6 Å². The van der Waals surface area contributed by atoms with Crippen molar-refractivity contribution < 1.29 is 0 Å². The molecular weight excluding hydrogens is 218 g/mol. The Morgan fingerprint density at radius 3 is 2.38 bits per heavy atom. The first-order chi connectivity index (χ1) is 7.90. The highest BCUT2D eigenvalue weighted by molar-refractivity contribution is 7.99. The maximum Gasteiger partial charge on any atom is 0.0120 e. The van der Waals surface area contributed by atoms with Gasteiger partial charge in [-0.2, -0.15) is 11.8 Å². The summed E-state index contributed by atoms with van der Waals surface area (Å²) in [6.07, 6.45) is 3.90. The van der Waals surface area contributed by atoms with E-state index >= 15 is 0 Å². The van der Waals surface area contributed by atoms with Crippen molar-refractivity contribution in [1.29, 1.82) is 0 Å². The van der Waals surface area contributed by atoms with Crippen LogP contribution in [0.3, 0.4) is 0 Å².